The van der Waals surface area contributed by atoms with Crippen molar-refractivity contribution in [2.75, 3.05) is 26.2 Å². The van der Waals surface area contributed by atoms with Gasteiger partial charge in [0, 0.05) is 37.9 Å². The van der Waals surface area contributed by atoms with Crippen LogP contribution in [0.25, 0.3) is 0 Å². The highest BCUT2D eigenvalue weighted by Gasteiger charge is 2.37. The van der Waals surface area contributed by atoms with Crippen molar-refractivity contribution in [3.63, 3.8) is 0 Å². The monoisotopic (exact) mass is 350 g/mol. The third-order valence-electron chi connectivity index (χ3n) is 6.23. The molecule has 0 aromatic carbocycles. The average Bonchev–Trinajstić information content (AvgIpc) is 2.69. The summed E-state index contributed by atoms with van der Waals surface area (Å²) in [5, 5.41) is 0. The summed E-state index contributed by atoms with van der Waals surface area (Å²) in [5.74, 6) is 0.750. The van der Waals surface area contributed by atoms with Gasteiger partial charge < -0.3 is 4.90 Å². The number of piperidine rings is 1. The summed E-state index contributed by atoms with van der Waals surface area (Å²) in [6.45, 7) is 20.3. The van der Waals surface area contributed by atoms with Crippen molar-refractivity contribution >= 4 is 0 Å². The molecule has 0 bridgehead atoms. The molecule has 26 heavy (non-hydrogen) atoms. The predicted molar refractivity (Wildman–Crippen MR) is 113 cm³/mol. The van der Waals surface area contributed by atoms with Gasteiger partial charge in [-0.25, -0.2) is 0 Å². The second-order valence-corrected chi connectivity index (χ2v) is 7.88. The molecule has 0 amide bonds. The van der Waals surface area contributed by atoms with Gasteiger partial charge in [-0.2, -0.15) is 0 Å². The van der Waals surface area contributed by atoms with Gasteiger partial charge in [0.15, 0.2) is 0 Å². The van der Waals surface area contributed by atoms with Crippen LogP contribution in [-0.4, -0.2) is 42.0 Å². The molecule has 2 unspecified atom stereocenters. The Labute approximate surface area is 159 Å². The minimum absolute atomic E-state index is 0.576. The Kier molecular flexibility index (Phi) is 6.37. The van der Waals surface area contributed by atoms with Crippen molar-refractivity contribution in [2.45, 2.75) is 44.6 Å². The Morgan fingerprint density at radius 3 is 2.50 bits per heavy atom. The van der Waals surface area contributed by atoms with Crippen LogP contribution < -0.4 is 0 Å². The van der Waals surface area contributed by atoms with Gasteiger partial charge in [0.25, 0.3) is 0 Å². The van der Waals surface area contributed by atoms with Gasteiger partial charge in [-0.05, 0) is 50.0 Å². The predicted octanol–water partition coefficient (Wildman–Crippen LogP) is 5.25. The Morgan fingerprint density at radius 1 is 1.04 bits per heavy atom. The number of rotatable bonds is 8. The van der Waals surface area contributed by atoms with E-state index in [0.717, 1.165) is 49.5 Å². The zero-order valence-corrected chi connectivity index (χ0v) is 16.3. The van der Waals surface area contributed by atoms with Gasteiger partial charge >= 0.3 is 0 Å². The molecule has 2 heteroatoms. The molecular formula is C24H34N2. The van der Waals surface area contributed by atoms with E-state index in [1.54, 1.807) is 11.3 Å². The van der Waals surface area contributed by atoms with Crippen LogP contribution in [0.1, 0.15) is 38.5 Å². The van der Waals surface area contributed by atoms with Crippen LogP contribution in [0.5, 0.6) is 0 Å². The maximum absolute atomic E-state index is 4.10. The topological polar surface area (TPSA) is 6.48 Å². The van der Waals surface area contributed by atoms with E-state index in [-0.39, 0.29) is 0 Å². The van der Waals surface area contributed by atoms with Crippen molar-refractivity contribution in [3.8, 4) is 0 Å². The lowest BCUT2D eigenvalue weighted by atomic mass is 9.77. The van der Waals surface area contributed by atoms with Crippen LogP contribution in [0, 0.1) is 5.92 Å². The number of hydrogen-bond acceptors (Lipinski definition) is 2. The molecule has 2 aliphatic heterocycles. The number of allylic oxidation sites excluding steroid dienone is 3. The first-order chi connectivity index (χ1) is 12.6. The molecule has 0 aromatic heterocycles. The SMILES string of the molecule is C=CC(=C)CCN1CCCC2CCC3C(=C21)C=CCN3CCC(=C)C=C. The molecule has 2 heterocycles. The number of nitrogens with zero attached hydrogens (tertiary/aromatic N) is 2. The summed E-state index contributed by atoms with van der Waals surface area (Å²) in [6.07, 6.45) is 15.9. The Balaban J connectivity index is 1.80. The molecule has 0 N–H and O–H groups in total. The third kappa shape index (κ3) is 4.12. The molecule has 1 saturated heterocycles. The highest BCUT2D eigenvalue weighted by molar-refractivity contribution is 5.37. The zero-order valence-electron chi connectivity index (χ0n) is 16.3. The minimum Gasteiger partial charge on any atom is -0.374 e. The first-order valence-electron chi connectivity index (χ1n) is 10.1. The van der Waals surface area contributed by atoms with Crippen molar-refractivity contribution in [2.24, 2.45) is 5.92 Å². The van der Waals surface area contributed by atoms with E-state index in [4.69, 9.17) is 0 Å². The first kappa shape index (κ1) is 19.0. The molecule has 0 aromatic rings. The van der Waals surface area contributed by atoms with Crippen LogP contribution in [0.3, 0.4) is 0 Å². The van der Waals surface area contributed by atoms with Crippen molar-refractivity contribution in [1.29, 1.82) is 0 Å². The van der Waals surface area contributed by atoms with E-state index in [2.05, 4.69) is 48.3 Å². The van der Waals surface area contributed by atoms with Crippen LogP contribution >= 0.6 is 0 Å². The molecule has 3 rings (SSSR count). The van der Waals surface area contributed by atoms with E-state index in [1.165, 1.54) is 32.2 Å². The van der Waals surface area contributed by atoms with Gasteiger partial charge in [-0.3, -0.25) is 4.90 Å². The fourth-order valence-electron chi connectivity index (χ4n) is 4.70. The fourth-order valence-corrected chi connectivity index (χ4v) is 4.70. The minimum atomic E-state index is 0.576. The molecule has 0 spiro atoms. The number of likely N-dealkylation sites (tertiary alicyclic amines) is 1. The highest BCUT2D eigenvalue weighted by Crippen LogP contribution is 2.42. The second kappa shape index (κ2) is 8.73. The van der Waals surface area contributed by atoms with Gasteiger partial charge in [-0.1, -0.05) is 61.8 Å². The maximum atomic E-state index is 4.10. The molecule has 0 saturated carbocycles. The van der Waals surface area contributed by atoms with Crippen LogP contribution in [0.15, 0.2) is 73.0 Å². The van der Waals surface area contributed by atoms with Gasteiger partial charge in [-0.15, -0.1) is 0 Å². The number of fused-ring (bicyclic) bond motifs is 2. The molecular weight excluding hydrogens is 316 g/mol. The zero-order chi connectivity index (χ0) is 18.5. The summed E-state index contributed by atoms with van der Waals surface area (Å²) < 4.78 is 0. The summed E-state index contributed by atoms with van der Waals surface area (Å²) in [6, 6.07) is 0.576. The Bertz CT molecular complexity index is 637. The fraction of sp³-hybridized carbons (Fsp3) is 0.500. The van der Waals surface area contributed by atoms with E-state index in [1.807, 2.05) is 12.2 Å². The Morgan fingerprint density at radius 2 is 1.77 bits per heavy atom. The van der Waals surface area contributed by atoms with Crippen LogP contribution in [-0.2, 0) is 0 Å². The molecule has 140 valence electrons. The highest BCUT2D eigenvalue weighted by atomic mass is 15.2. The van der Waals surface area contributed by atoms with E-state index in [0.29, 0.717) is 6.04 Å². The lowest BCUT2D eigenvalue weighted by Crippen LogP contribution is -2.46. The Hall–Kier alpha value is -1.80. The molecule has 2 atom stereocenters. The van der Waals surface area contributed by atoms with Gasteiger partial charge in [0.1, 0.15) is 0 Å². The number of hydrogen-bond donors (Lipinski definition) is 0. The third-order valence-corrected chi connectivity index (χ3v) is 6.23. The maximum Gasteiger partial charge on any atom is 0.0368 e. The van der Waals surface area contributed by atoms with Crippen LogP contribution in [0.2, 0.25) is 0 Å². The van der Waals surface area contributed by atoms with Crippen molar-refractivity contribution in [1.82, 2.24) is 9.80 Å². The normalized spacial score (nSPS) is 25.5. The standard InChI is InChI=1S/C24H34N2/c1-5-19(3)13-17-25-15-8-10-22-23(25)12-11-21-9-7-16-26(24(21)22)18-14-20(4)6-2/h5-6,8,10,21,23H,1-4,7,9,11-18H2. The quantitative estimate of drug-likeness (QED) is 0.552. The van der Waals surface area contributed by atoms with Gasteiger partial charge in [0.2, 0.25) is 0 Å². The molecule has 1 aliphatic carbocycles. The molecule has 2 nitrogen and oxygen atoms in total. The summed E-state index contributed by atoms with van der Waals surface area (Å²) in [5.41, 5.74) is 5.51. The van der Waals surface area contributed by atoms with Crippen LogP contribution in [0.4, 0.5) is 0 Å². The summed E-state index contributed by atoms with van der Waals surface area (Å²) in [4.78, 5) is 5.30. The summed E-state index contributed by atoms with van der Waals surface area (Å²) >= 11 is 0. The van der Waals surface area contributed by atoms with E-state index < -0.39 is 0 Å². The van der Waals surface area contributed by atoms with E-state index in [9.17, 15) is 0 Å². The average molecular weight is 351 g/mol. The molecule has 0 radical (unpaired) electrons. The first-order valence-corrected chi connectivity index (χ1v) is 10.1. The lowest BCUT2D eigenvalue weighted by molar-refractivity contribution is 0.166. The second-order valence-electron chi connectivity index (χ2n) is 7.88. The van der Waals surface area contributed by atoms with Crippen molar-refractivity contribution < 1.29 is 0 Å². The van der Waals surface area contributed by atoms with Crippen molar-refractivity contribution in [3.05, 3.63) is 73.0 Å². The van der Waals surface area contributed by atoms with E-state index >= 15 is 0 Å². The smallest absolute Gasteiger partial charge is 0.0368 e. The molecule has 3 aliphatic rings. The largest absolute Gasteiger partial charge is 0.374 e. The molecule has 1 fully saturated rings. The lowest BCUT2D eigenvalue weighted by Gasteiger charge is -2.47. The summed E-state index contributed by atoms with van der Waals surface area (Å²) in [7, 11) is 0. The van der Waals surface area contributed by atoms with Gasteiger partial charge in [0.05, 0.1) is 0 Å².